The van der Waals surface area contributed by atoms with Gasteiger partial charge in [-0.25, -0.2) is 0 Å². The standard InChI is InChI=1S/C7H8ClNO3/c1-5(8)2-9-3-6(10)12-7(11)4-9/h1-4H2. The molecule has 1 aliphatic heterocycles. The van der Waals surface area contributed by atoms with Gasteiger partial charge in [-0.05, 0) is 0 Å². The zero-order valence-electron chi connectivity index (χ0n) is 6.38. The number of hydrogen-bond donors (Lipinski definition) is 0. The maximum atomic E-state index is 10.7. The molecule has 1 saturated heterocycles. The summed E-state index contributed by atoms with van der Waals surface area (Å²) in [6.45, 7) is 3.98. The molecule has 1 heterocycles. The topological polar surface area (TPSA) is 46.6 Å². The Balaban J connectivity index is 2.49. The lowest BCUT2D eigenvalue weighted by molar-refractivity contribution is -0.166. The maximum Gasteiger partial charge on any atom is 0.327 e. The molecule has 0 atom stereocenters. The lowest BCUT2D eigenvalue weighted by Gasteiger charge is -2.23. The fourth-order valence-corrected chi connectivity index (χ4v) is 1.14. The molecule has 0 saturated carbocycles. The Bertz CT molecular complexity index is 220. The summed E-state index contributed by atoms with van der Waals surface area (Å²) in [7, 11) is 0. The van der Waals surface area contributed by atoms with Crippen LogP contribution in [0.25, 0.3) is 0 Å². The van der Waals surface area contributed by atoms with E-state index in [1.165, 1.54) is 0 Å². The Morgan fingerprint density at radius 3 is 2.42 bits per heavy atom. The maximum absolute atomic E-state index is 10.7. The molecule has 0 aromatic rings. The van der Waals surface area contributed by atoms with Crippen molar-refractivity contribution in [3.63, 3.8) is 0 Å². The molecular weight excluding hydrogens is 182 g/mol. The third-order valence-electron chi connectivity index (χ3n) is 1.33. The van der Waals surface area contributed by atoms with Gasteiger partial charge in [0, 0.05) is 11.6 Å². The highest BCUT2D eigenvalue weighted by molar-refractivity contribution is 6.29. The van der Waals surface area contributed by atoms with Gasteiger partial charge in [-0.3, -0.25) is 14.5 Å². The van der Waals surface area contributed by atoms with Crippen LogP contribution in [-0.2, 0) is 14.3 Å². The minimum absolute atomic E-state index is 0.0947. The van der Waals surface area contributed by atoms with E-state index in [-0.39, 0.29) is 13.1 Å². The summed E-state index contributed by atoms with van der Waals surface area (Å²) < 4.78 is 4.31. The molecule has 0 N–H and O–H groups in total. The first kappa shape index (κ1) is 9.22. The van der Waals surface area contributed by atoms with Crippen molar-refractivity contribution in [3.8, 4) is 0 Å². The number of cyclic esters (lactones) is 2. The van der Waals surface area contributed by atoms with Crippen LogP contribution >= 0.6 is 11.6 Å². The Kier molecular flexibility index (Phi) is 2.83. The number of halogens is 1. The van der Waals surface area contributed by atoms with Crippen molar-refractivity contribution >= 4 is 23.5 Å². The van der Waals surface area contributed by atoms with E-state index in [1.807, 2.05) is 0 Å². The van der Waals surface area contributed by atoms with Crippen LogP contribution in [0.2, 0.25) is 0 Å². The molecule has 0 aromatic carbocycles. The third-order valence-corrected chi connectivity index (χ3v) is 1.45. The summed E-state index contributed by atoms with van der Waals surface area (Å²) in [5.74, 6) is -1.08. The molecule has 0 amide bonds. The molecule has 0 unspecified atom stereocenters. The molecule has 1 aliphatic rings. The summed E-state index contributed by atoms with van der Waals surface area (Å²) in [6.07, 6.45) is 0. The Morgan fingerprint density at radius 2 is 2.00 bits per heavy atom. The van der Waals surface area contributed by atoms with Crippen molar-refractivity contribution in [2.75, 3.05) is 19.6 Å². The molecule has 0 aromatic heterocycles. The fraction of sp³-hybridized carbons (Fsp3) is 0.429. The van der Waals surface area contributed by atoms with Crippen LogP contribution in [0.5, 0.6) is 0 Å². The number of hydrogen-bond acceptors (Lipinski definition) is 4. The van der Waals surface area contributed by atoms with E-state index in [4.69, 9.17) is 11.6 Å². The van der Waals surface area contributed by atoms with Crippen LogP contribution in [-0.4, -0.2) is 36.5 Å². The molecule has 5 heteroatoms. The second-order valence-corrected chi connectivity index (χ2v) is 3.04. The first-order chi connectivity index (χ1) is 5.58. The zero-order valence-corrected chi connectivity index (χ0v) is 7.13. The minimum atomic E-state index is -0.538. The molecule has 0 radical (unpaired) electrons. The summed E-state index contributed by atoms with van der Waals surface area (Å²) in [5, 5.41) is 0.400. The van der Waals surface area contributed by atoms with Crippen molar-refractivity contribution in [2.24, 2.45) is 0 Å². The summed E-state index contributed by atoms with van der Waals surface area (Å²) in [4.78, 5) is 23.0. The fourth-order valence-electron chi connectivity index (χ4n) is 0.967. The van der Waals surface area contributed by atoms with E-state index < -0.39 is 11.9 Å². The highest BCUT2D eigenvalue weighted by Gasteiger charge is 2.24. The van der Waals surface area contributed by atoms with Gasteiger partial charge in [-0.2, -0.15) is 0 Å². The highest BCUT2D eigenvalue weighted by Crippen LogP contribution is 2.05. The first-order valence-corrected chi connectivity index (χ1v) is 3.75. The average Bonchev–Trinajstić information content (AvgIpc) is 1.81. The van der Waals surface area contributed by atoms with Crippen molar-refractivity contribution in [2.45, 2.75) is 0 Å². The third kappa shape index (κ3) is 2.64. The van der Waals surface area contributed by atoms with Crippen LogP contribution in [0.15, 0.2) is 11.6 Å². The number of carbonyl (C=O) groups excluding carboxylic acids is 2. The van der Waals surface area contributed by atoms with E-state index in [0.29, 0.717) is 11.6 Å². The summed E-state index contributed by atoms with van der Waals surface area (Å²) in [6, 6.07) is 0. The molecule has 12 heavy (non-hydrogen) atoms. The van der Waals surface area contributed by atoms with Gasteiger partial charge in [0.15, 0.2) is 0 Å². The molecule has 66 valence electrons. The smallest absolute Gasteiger partial charge is 0.327 e. The first-order valence-electron chi connectivity index (χ1n) is 3.37. The monoisotopic (exact) mass is 189 g/mol. The highest BCUT2D eigenvalue weighted by atomic mass is 35.5. The average molecular weight is 190 g/mol. The van der Waals surface area contributed by atoms with Crippen LogP contribution in [0, 0.1) is 0 Å². The van der Waals surface area contributed by atoms with Gasteiger partial charge < -0.3 is 4.74 Å². The zero-order chi connectivity index (χ0) is 9.14. The van der Waals surface area contributed by atoms with Gasteiger partial charge in [0.1, 0.15) is 0 Å². The van der Waals surface area contributed by atoms with Gasteiger partial charge in [0.2, 0.25) is 0 Å². The lowest BCUT2D eigenvalue weighted by Crippen LogP contribution is -2.43. The van der Waals surface area contributed by atoms with Crippen LogP contribution in [0.3, 0.4) is 0 Å². The number of ether oxygens (including phenoxy) is 1. The molecular formula is C7H8ClNO3. The molecule has 0 bridgehead atoms. The van der Waals surface area contributed by atoms with Gasteiger partial charge >= 0.3 is 11.9 Å². The van der Waals surface area contributed by atoms with E-state index in [1.54, 1.807) is 4.90 Å². The Labute approximate surface area is 74.7 Å². The van der Waals surface area contributed by atoms with E-state index in [0.717, 1.165) is 0 Å². The van der Waals surface area contributed by atoms with Gasteiger partial charge in [-0.1, -0.05) is 18.2 Å². The van der Waals surface area contributed by atoms with Crippen LogP contribution < -0.4 is 0 Å². The minimum Gasteiger partial charge on any atom is -0.391 e. The van der Waals surface area contributed by atoms with E-state index >= 15 is 0 Å². The number of carbonyl (C=O) groups is 2. The van der Waals surface area contributed by atoms with Crippen LogP contribution in [0.1, 0.15) is 0 Å². The quantitative estimate of drug-likeness (QED) is 0.458. The molecule has 4 nitrogen and oxygen atoms in total. The summed E-state index contributed by atoms with van der Waals surface area (Å²) in [5.41, 5.74) is 0. The largest absolute Gasteiger partial charge is 0.391 e. The van der Waals surface area contributed by atoms with Crippen LogP contribution in [0.4, 0.5) is 0 Å². The van der Waals surface area contributed by atoms with Crippen molar-refractivity contribution in [1.82, 2.24) is 4.90 Å². The molecule has 0 aliphatic carbocycles. The van der Waals surface area contributed by atoms with Crippen molar-refractivity contribution < 1.29 is 14.3 Å². The predicted molar refractivity (Wildman–Crippen MR) is 42.5 cm³/mol. The lowest BCUT2D eigenvalue weighted by atomic mass is 10.4. The predicted octanol–water partition coefficient (Wildman–Crippen LogP) is 0.124. The number of esters is 2. The second-order valence-electron chi connectivity index (χ2n) is 2.51. The number of nitrogens with zero attached hydrogens (tertiary/aromatic N) is 1. The van der Waals surface area contributed by atoms with E-state index in [9.17, 15) is 9.59 Å². The normalized spacial score (nSPS) is 19.1. The molecule has 0 spiro atoms. The van der Waals surface area contributed by atoms with E-state index in [2.05, 4.69) is 11.3 Å². The Morgan fingerprint density at radius 1 is 1.50 bits per heavy atom. The molecule has 1 rings (SSSR count). The number of rotatable bonds is 2. The van der Waals surface area contributed by atoms with Gasteiger partial charge in [0.05, 0.1) is 13.1 Å². The SMILES string of the molecule is C=C(Cl)CN1CC(=O)OC(=O)C1. The van der Waals surface area contributed by atoms with Crippen molar-refractivity contribution in [1.29, 1.82) is 0 Å². The second kappa shape index (κ2) is 3.69. The van der Waals surface area contributed by atoms with Crippen molar-refractivity contribution in [3.05, 3.63) is 11.6 Å². The molecule has 1 fully saturated rings. The number of morpholine rings is 1. The Hall–Kier alpha value is -0.870. The van der Waals surface area contributed by atoms with Gasteiger partial charge in [-0.15, -0.1) is 0 Å². The van der Waals surface area contributed by atoms with Gasteiger partial charge in [0.25, 0.3) is 0 Å². The summed E-state index contributed by atoms with van der Waals surface area (Å²) >= 11 is 5.51.